The summed E-state index contributed by atoms with van der Waals surface area (Å²) in [6.45, 7) is 1.84. The van der Waals surface area contributed by atoms with Gasteiger partial charge in [-0.2, -0.15) is 0 Å². The van der Waals surface area contributed by atoms with Crippen LogP contribution in [0.2, 0.25) is 0 Å². The van der Waals surface area contributed by atoms with Gasteiger partial charge in [-0.15, -0.1) is 10.2 Å². The normalized spacial score (nSPS) is 10.6. The first kappa shape index (κ1) is 7.52. The first-order valence-corrected chi connectivity index (χ1v) is 3.88. The minimum atomic E-state index is 0.768. The monoisotopic (exact) mass is 248 g/mol. The summed E-state index contributed by atoms with van der Waals surface area (Å²) < 4.78 is 1.86. The molecule has 0 N–H and O–H groups in total. The van der Waals surface area contributed by atoms with Crippen LogP contribution in [-0.2, 0) is 0 Å². The molecule has 1 aromatic heterocycles. The standard InChI is InChI=1S/C5H5IN4/c1-4-5(2-3-6)8-10-9-7-4/h2-3H,1H3/b3-2-. The highest BCUT2D eigenvalue weighted by Gasteiger charge is 1.94. The zero-order valence-electron chi connectivity index (χ0n) is 5.32. The molecule has 1 heterocycles. The van der Waals surface area contributed by atoms with Crippen molar-refractivity contribution in [3.8, 4) is 0 Å². The molecule has 0 radical (unpaired) electrons. The van der Waals surface area contributed by atoms with E-state index in [1.807, 2.05) is 17.1 Å². The largest absolute Gasteiger partial charge is 0.132 e. The minimum Gasteiger partial charge on any atom is -0.132 e. The molecule has 4 nitrogen and oxygen atoms in total. The lowest BCUT2D eigenvalue weighted by Gasteiger charge is -1.90. The van der Waals surface area contributed by atoms with Crippen molar-refractivity contribution in [1.29, 1.82) is 0 Å². The molecule has 0 saturated heterocycles. The Morgan fingerprint density at radius 2 is 2.00 bits per heavy atom. The van der Waals surface area contributed by atoms with E-state index in [0.717, 1.165) is 11.4 Å². The zero-order valence-corrected chi connectivity index (χ0v) is 7.48. The summed E-state index contributed by atoms with van der Waals surface area (Å²) in [6, 6.07) is 0. The van der Waals surface area contributed by atoms with Crippen LogP contribution in [0.5, 0.6) is 0 Å². The highest BCUT2D eigenvalue weighted by molar-refractivity contribution is 14.1. The Labute approximate surface area is 71.9 Å². The lowest BCUT2D eigenvalue weighted by atomic mass is 10.3. The van der Waals surface area contributed by atoms with E-state index in [0.29, 0.717) is 0 Å². The van der Waals surface area contributed by atoms with Crippen LogP contribution in [0, 0.1) is 6.92 Å². The van der Waals surface area contributed by atoms with E-state index >= 15 is 0 Å². The van der Waals surface area contributed by atoms with Crippen LogP contribution in [0.25, 0.3) is 6.08 Å². The van der Waals surface area contributed by atoms with Crippen molar-refractivity contribution in [2.24, 2.45) is 0 Å². The molecule has 0 aliphatic carbocycles. The van der Waals surface area contributed by atoms with Gasteiger partial charge in [-0.1, -0.05) is 22.6 Å². The third kappa shape index (κ3) is 1.69. The first-order valence-electron chi connectivity index (χ1n) is 2.64. The van der Waals surface area contributed by atoms with E-state index in [1.165, 1.54) is 0 Å². The number of hydrogen-bond donors (Lipinski definition) is 0. The molecule has 1 aromatic rings. The van der Waals surface area contributed by atoms with Gasteiger partial charge >= 0.3 is 0 Å². The van der Waals surface area contributed by atoms with Gasteiger partial charge in [0, 0.05) is 0 Å². The zero-order chi connectivity index (χ0) is 7.40. The quantitative estimate of drug-likeness (QED) is 0.695. The Morgan fingerprint density at radius 3 is 2.60 bits per heavy atom. The van der Waals surface area contributed by atoms with Gasteiger partial charge < -0.3 is 0 Å². The summed E-state index contributed by atoms with van der Waals surface area (Å²) in [4.78, 5) is 0. The van der Waals surface area contributed by atoms with Crippen molar-refractivity contribution < 1.29 is 0 Å². The van der Waals surface area contributed by atoms with Crippen molar-refractivity contribution in [2.45, 2.75) is 6.92 Å². The van der Waals surface area contributed by atoms with Crippen molar-refractivity contribution in [1.82, 2.24) is 20.6 Å². The molecule has 0 aliphatic heterocycles. The molecule has 0 unspecified atom stereocenters. The van der Waals surface area contributed by atoms with Crippen LogP contribution < -0.4 is 0 Å². The maximum absolute atomic E-state index is 3.75. The van der Waals surface area contributed by atoms with Gasteiger partial charge in [-0.3, -0.25) is 0 Å². The van der Waals surface area contributed by atoms with Crippen molar-refractivity contribution in [3.63, 3.8) is 0 Å². The number of nitrogens with zero attached hydrogens (tertiary/aromatic N) is 4. The van der Waals surface area contributed by atoms with E-state index in [9.17, 15) is 0 Å². The third-order valence-corrected chi connectivity index (χ3v) is 1.34. The second kappa shape index (κ2) is 3.55. The lowest BCUT2D eigenvalue weighted by Crippen LogP contribution is -1.97. The SMILES string of the molecule is Cc1nnnnc1/C=C\I. The fraction of sp³-hybridized carbons (Fsp3) is 0.200. The Hall–Kier alpha value is -0.590. The molecular formula is C5H5IN4. The molecule has 52 valence electrons. The van der Waals surface area contributed by atoms with Crippen LogP contribution in [-0.4, -0.2) is 20.6 Å². The Kier molecular flexibility index (Phi) is 2.67. The maximum atomic E-state index is 3.75. The molecule has 0 amide bonds. The van der Waals surface area contributed by atoms with Gasteiger partial charge in [0.2, 0.25) is 0 Å². The number of aryl methyl sites for hydroxylation is 1. The van der Waals surface area contributed by atoms with Gasteiger partial charge in [0.05, 0.1) is 5.69 Å². The number of aromatic nitrogens is 4. The average Bonchev–Trinajstić information content (AvgIpc) is 1.94. The highest BCUT2D eigenvalue weighted by atomic mass is 127. The minimum absolute atomic E-state index is 0.768. The fourth-order valence-corrected chi connectivity index (χ4v) is 0.833. The smallest absolute Gasteiger partial charge is 0.111 e. The fourth-order valence-electron chi connectivity index (χ4n) is 0.492. The van der Waals surface area contributed by atoms with E-state index < -0.39 is 0 Å². The van der Waals surface area contributed by atoms with Crippen molar-refractivity contribution in [2.75, 3.05) is 0 Å². The van der Waals surface area contributed by atoms with Crippen LogP contribution in [0.15, 0.2) is 4.08 Å². The molecule has 0 fully saturated rings. The Bertz CT molecular complexity index is 247. The molecule has 1 rings (SSSR count). The van der Waals surface area contributed by atoms with Crippen molar-refractivity contribution >= 4 is 28.7 Å². The molecule has 5 heteroatoms. The van der Waals surface area contributed by atoms with E-state index in [1.54, 1.807) is 0 Å². The maximum Gasteiger partial charge on any atom is 0.111 e. The van der Waals surface area contributed by atoms with Crippen LogP contribution in [0.3, 0.4) is 0 Å². The summed E-state index contributed by atoms with van der Waals surface area (Å²) >= 11 is 2.11. The van der Waals surface area contributed by atoms with E-state index in [4.69, 9.17) is 0 Å². The lowest BCUT2D eigenvalue weighted by molar-refractivity contribution is 0.736. The second-order valence-electron chi connectivity index (χ2n) is 1.64. The average molecular weight is 248 g/mol. The van der Waals surface area contributed by atoms with Gasteiger partial charge in [-0.05, 0) is 27.5 Å². The van der Waals surface area contributed by atoms with Crippen LogP contribution >= 0.6 is 22.6 Å². The summed E-state index contributed by atoms with van der Waals surface area (Å²) in [5, 5.41) is 14.3. The Balaban J connectivity index is 3.03. The predicted molar refractivity (Wildman–Crippen MR) is 45.4 cm³/mol. The third-order valence-electron chi connectivity index (χ3n) is 0.979. The molecule has 0 atom stereocenters. The van der Waals surface area contributed by atoms with E-state index in [-0.39, 0.29) is 0 Å². The summed E-state index contributed by atoms with van der Waals surface area (Å²) in [7, 11) is 0. The van der Waals surface area contributed by atoms with Gasteiger partial charge in [0.25, 0.3) is 0 Å². The number of hydrogen-bond acceptors (Lipinski definition) is 4. The Morgan fingerprint density at radius 1 is 1.30 bits per heavy atom. The highest BCUT2D eigenvalue weighted by Crippen LogP contribution is 2.00. The first-order chi connectivity index (χ1) is 4.84. The van der Waals surface area contributed by atoms with Gasteiger partial charge in [0.1, 0.15) is 5.69 Å². The summed E-state index contributed by atoms with van der Waals surface area (Å²) in [6.07, 6.45) is 1.83. The van der Waals surface area contributed by atoms with Gasteiger partial charge in [-0.25, -0.2) is 0 Å². The summed E-state index contributed by atoms with van der Waals surface area (Å²) in [5.41, 5.74) is 1.56. The van der Waals surface area contributed by atoms with Crippen molar-refractivity contribution in [3.05, 3.63) is 15.5 Å². The molecule has 10 heavy (non-hydrogen) atoms. The molecule has 0 spiro atoms. The number of halogens is 1. The molecule has 0 aliphatic rings. The summed E-state index contributed by atoms with van der Waals surface area (Å²) in [5.74, 6) is 0. The molecule has 0 saturated carbocycles. The van der Waals surface area contributed by atoms with E-state index in [2.05, 4.69) is 43.2 Å². The molecule has 0 aromatic carbocycles. The number of rotatable bonds is 1. The van der Waals surface area contributed by atoms with Gasteiger partial charge in [0.15, 0.2) is 0 Å². The van der Waals surface area contributed by atoms with Crippen LogP contribution in [0.1, 0.15) is 11.4 Å². The molecule has 0 bridgehead atoms. The topological polar surface area (TPSA) is 51.6 Å². The predicted octanol–water partition coefficient (Wildman–Crippen LogP) is 0.981. The second-order valence-corrected chi connectivity index (χ2v) is 2.36. The molecular weight excluding hydrogens is 243 g/mol. The van der Waals surface area contributed by atoms with Crippen LogP contribution in [0.4, 0.5) is 0 Å².